The van der Waals surface area contributed by atoms with Gasteiger partial charge in [0.1, 0.15) is 0 Å². The number of rotatable bonds is 3. The van der Waals surface area contributed by atoms with Crippen molar-refractivity contribution in [2.24, 2.45) is 17.8 Å². The maximum atomic E-state index is 2.52. The van der Waals surface area contributed by atoms with Crippen molar-refractivity contribution in [1.82, 2.24) is 0 Å². The van der Waals surface area contributed by atoms with Crippen LogP contribution < -0.4 is 0 Å². The Bertz CT molecular complexity index is 663. The lowest BCUT2D eigenvalue weighted by Crippen LogP contribution is -2.22. The van der Waals surface area contributed by atoms with Gasteiger partial charge in [0.25, 0.3) is 0 Å². The third-order valence-electron chi connectivity index (χ3n) is 8.41. The molecular weight excluding hydrogens is 324 g/mol. The number of hydrogen-bond acceptors (Lipinski definition) is 0. The van der Waals surface area contributed by atoms with Crippen LogP contribution in [0.1, 0.15) is 113 Å². The number of benzene rings is 1. The van der Waals surface area contributed by atoms with E-state index in [0.717, 1.165) is 23.7 Å². The lowest BCUT2D eigenvalue weighted by Gasteiger charge is -2.36. The fraction of sp³-hybridized carbons (Fsp3) is 0.704. The highest BCUT2D eigenvalue weighted by atomic mass is 14.5. The maximum absolute atomic E-state index is 2.52. The zero-order valence-electron chi connectivity index (χ0n) is 17.2. The molecule has 0 heteroatoms. The van der Waals surface area contributed by atoms with Gasteiger partial charge in [0, 0.05) is 5.92 Å². The maximum Gasteiger partial charge on any atom is 0.00914 e. The second-order valence-corrected chi connectivity index (χ2v) is 10.0. The summed E-state index contributed by atoms with van der Waals surface area (Å²) in [4.78, 5) is 0. The van der Waals surface area contributed by atoms with Crippen molar-refractivity contribution >= 4 is 5.57 Å². The predicted molar refractivity (Wildman–Crippen MR) is 116 cm³/mol. The summed E-state index contributed by atoms with van der Waals surface area (Å²) in [6, 6.07) is 9.68. The summed E-state index contributed by atoms with van der Waals surface area (Å²) >= 11 is 0. The highest BCUT2D eigenvalue weighted by Crippen LogP contribution is 2.57. The molecule has 4 aliphatic carbocycles. The Morgan fingerprint density at radius 1 is 0.556 bits per heavy atom. The predicted octanol–water partition coefficient (Wildman–Crippen LogP) is 8.28. The number of fused-ring (bicyclic) bond motifs is 1. The molecule has 3 saturated carbocycles. The summed E-state index contributed by atoms with van der Waals surface area (Å²) in [5.74, 6) is 3.47. The van der Waals surface area contributed by atoms with Crippen LogP contribution in [0.2, 0.25) is 0 Å². The van der Waals surface area contributed by atoms with Crippen LogP contribution in [0.5, 0.6) is 0 Å². The van der Waals surface area contributed by atoms with E-state index < -0.39 is 0 Å². The zero-order chi connectivity index (χ0) is 18.1. The van der Waals surface area contributed by atoms with Crippen LogP contribution in [0.3, 0.4) is 0 Å². The third-order valence-corrected chi connectivity index (χ3v) is 8.41. The van der Waals surface area contributed by atoms with Gasteiger partial charge < -0.3 is 0 Å². The van der Waals surface area contributed by atoms with Gasteiger partial charge in [-0.1, -0.05) is 87.6 Å². The van der Waals surface area contributed by atoms with Crippen LogP contribution in [-0.4, -0.2) is 0 Å². The quantitative estimate of drug-likeness (QED) is 0.507. The molecule has 4 aliphatic rings. The molecular formula is C27H38. The summed E-state index contributed by atoms with van der Waals surface area (Å²) in [5, 5.41) is 0. The van der Waals surface area contributed by atoms with Gasteiger partial charge in [-0.2, -0.15) is 0 Å². The standard InChI is InChI=1S/C27H38/c1-4-12-20(13-5-1)25-23-18-10-11-19-24(23)26(21-14-6-2-7-15-21)27(25)22-16-8-3-9-17-22/h10-11,18-22,25H,1-9,12-17H2. The van der Waals surface area contributed by atoms with Gasteiger partial charge in [0.05, 0.1) is 0 Å². The molecule has 0 aliphatic heterocycles. The van der Waals surface area contributed by atoms with E-state index in [0.29, 0.717) is 0 Å². The van der Waals surface area contributed by atoms with Crippen LogP contribution in [0.15, 0.2) is 29.8 Å². The SMILES string of the molecule is c1ccc2c(c1)C(C1CCCCC1)=C(C1CCCCC1)C2C1CCCCC1. The molecule has 0 saturated heterocycles. The Kier molecular flexibility index (Phi) is 5.43. The van der Waals surface area contributed by atoms with E-state index in [1.807, 2.05) is 11.1 Å². The Morgan fingerprint density at radius 2 is 1.11 bits per heavy atom. The summed E-state index contributed by atoms with van der Waals surface area (Å²) in [6.45, 7) is 0. The first-order valence-electron chi connectivity index (χ1n) is 12.3. The van der Waals surface area contributed by atoms with Crippen molar-refractivity contribution < 1.29 is 0 Å². The monoisotopic (exact) mass is 362 g/mol. The molecule has 3 fully saturated rings. The molecule has 0 nitrogen and oxygen atoms in total. The van der Waals surface area contributed by atoms with Gasteiger partial charge in [-0.15, -0.1) is 0 Å². The van der Waals surface area contributed by atoms with Crippen LogP contribution >= 0.6 is 0 Å². The normalized spacial score (nSPS) is 28.5. The van der Waals surface area contributed by atoms with Crippen LogP contribution in [0.4, 0.5) is 0 Å². The Balaban J connectivity index is 1.61. The Hall–Kier alpha value is -1.04. The Morgan fingerprint density at radius 3 is 1.78 bits per heavy atom. The van der Waals surface area contributed by atoms with Gasteiger partial charge >= 0.3 is 0 Å². The van der Waals surface area contributed by atoms with Crippen molar-refractivity contribution in [3.8, 4) is 0 Å². The van der Waals surface area contributed by atoms with E-state index in [1.54, 1.807) is 11.1 Å². The minimum absolute atomic E-state index is 0.779. The average Bonchev–Trinajstić information content (AvgIpc) is 3.11. The molecule has 27 heavy (non-hydrogen) atoms. The second-order valence-electron chi connectivity index (χ2n) is 10.0. The number of hydrogen-bond donors (Lipinski definition) is 0. The fourth-order valence-corrected chi connectivity index (χ4v) is 7.21. The van der Waals surface area contributed by atoms with Gasteiger partial charge in [-0.05, 0) is 73.0 Å². The van der Waals surface area contributed by atoms with Crippen molar-refractivity contribution in [3.05, 3.63) is 41.0 Å². The topological polar surface area (TPSA) is 0 Å². The number of allylic oxidation sites excluding steroid dienone is 2. The lowest BCUT2D eigenvalue weighted by molar-refractivity contribution is 0.299. The second kappa shape index (κ2) is 8.14. The molecule has 0 radical (unpaired) electrons. The summed E-state index contributed by atoms with van der Waals surface area (Å²) in [5.41, 5.74) is 7.30. The molecule has 5 rings (SSSR count). The Labute approximate surface area is 166 Å². The molecule has 1 atom stereocenters. The molecule has 1 aromatic rings. The summed E-state index contributed by atoms with van der Waals surface area (Å²) < 4.78 is 0. The van der Waals surface area contributed by atoms with Crippen molar-refractivity contribution in [3.63, 3.8) is 0 Å². The van der Waals surface area contributed by atoms with Gasteiger partial charge in [0.15, 0.2) is 0 Å². The third kappa shape index (κ3) is 3.43. The molecule has 1 aromatic carbocycles. The molecule has 146 valence electrons. The van der Waals surface area contributed by atoms with Crippen LogP contribution in [-0.2, 0) is 0 Å². The molecule has 0 aromatic heterocycles. The van der Waals surface area contributed by atoms with Crippen LogP contribution in [0.25, 0.3) is 5.57 Å². The lowest BCUT2D eigenvalue weighted by atomic mass is 9.68. The first-order chi connectivity index (χ1) is 13.4. The van der Waals surface area contributed by atoms with Gasteiger partial charge in [0.2, 0.25) is 0 Å². The highest BCUT2D eigenvalue weighted by Gasteiger charge is 2.41. The van der Waals surface area contributed by atoms with Gasteiger partial charge in [-0.25, -0.2) is 0 Å². The van der Waals surface area contributed by atoms with E-state index in [2.05, 4.69) is 24.3 Å². The zero-order valence-corrected chi connectivity index (χ0v) is 17.2. The fourth-order valence-electron chi connectivity index (χ4n) is 7.21. The minimum atomic E-state index is 0.779. The van der Waals surface area contributed by atoms with E-state index in [1.165, 1.54) is 96.3 Å². The molecule has 0 spiro atoms. The van der Waals surface area contributed by atoms with Crippen molar-refractivity contribution in [2.45, 2.75) is 102 Å². The summed E-state index contributed by atoms with van der Waals surface area (Å²) in [7, 11) is 0. The highest BCUT2D eigenvalue weighted by molar-refractivity contribution is 5.80. The molecule has 0 heterocycles. The first-order valence-corrected chi connectivity index (χ1v) is 12.3. The summed E-state index contributed by atoms with van der Waals surface area (Å²) in [6.07, 6.45) is 22.0. The van der Waals surface area contributed by atoms with E-state index in [9.17, 15) is 0 Å². The van der Waals surface area contributed by atoms with Crippen molar-refractivity contribution in [2.75, 3.05) is 0 Å². The van der Waals surface area contributed by atoms with E-state index in [-0.39, 0.29) is 0 Å². The van der Waals surface area contributed by atoms with Gasteiger partial charge in [-0.3, -0.25) is 0 Å². The average molecular weight is 363 g/mol. The molecule has 1 unspecified atom stereocenters. The van der Waals surface area contributed by atoms with Crippen LogP contribution in [0, 0.1) is 17.8 Å². The van der Waals surface area contributed by atoms with E-state index in [4.69, 9.17) is 0 Å². The first kappa shape index (κ1) is 18.0. The minimum Gasteiger partial charge on any atom is -0.0619 e. The smallest absolute Gasteiger partial charge is 0.00914 e. The van der Waals surface area contributed by atoms with E-state index >= 15 is 0 Å². The molecule has 0 N–H and O–H groups in total. The largest absolute Gasteiger partial charge is 0.0619 e. The molecule has 0 bridgehead atoms. The molecule has 0 amide bonds. The van der Waals surface area contributed by atoms with Crippen molar-refractivity contribution in [1.29, 1.82) is 0 Å².